The van der Waals surface area contributed by atoms with Gasteiger partial charge in [0.2, 0.25) is 5.24 Å². The Bertz CT molecular complexity index is 337. The number of hydrogen-bond donors (Lipinski definition) is 0. The van der Waals surface area contributed by atoms with E-state index < -0.39 is 5.24 Å². The molecule has 2 nitrogen and oxygen atoms in total. The van der Waals surface area contributed by atoms with Crippen molar-refractivity contribution in [1.29, 1.82) is 0 Å². The van der Waals surface area contributed by atoms with E-state index in [9.17, 15) is 4.79 Å². The number of aryl methyl sites for hydroxylation is 1. The van der Waals surface area contributed by atoms with Crippen LogP contribution < -0.4 is 4.74 Å². The van der Waals surface area contributed by atoms with Gasteiger partial charge in [-0.15, -0.1) is 0 Å². The molecule has 0 aliphatic rings. The highest BCUT2D eigenvalue weighted by atomic mass is 35.5. The van der Waals surface area contributed by atoms with Gasteiger partial charge < -0.3 is 4.74 Å². The first-order chi connectivity index (χ1) is 6.59. The smallest absolute Gasteiger partial charge is 0.225 e. The predicted octanol–water partition coefficient (Wildman–Crippen LogP) is 3.18. The predicted molar refractivity (Wildman–Crippen MR) is 57.2 cm³/mol. The second-order valence-corrected chi connectivity index (χ2v) is 3.72. The van der Waals surface area contributed by atoms with E-state index in [1.807, 2.05) is 6.92 Å². The van der Waals surface area contributed by atoms with Crippen LogP contribution in [0.1, 0.15) is 12.0 Å². The third kappa shape index (κ3) is 3.56. The van der Waals surface area contributed by atoms with E-state index in [0.717, 1.165) is 11.3 Å². The summed E-state index contributed by atoms with van der Waals surface area (Å²) in [6.45, 7) is 2.19. The summed E-state index contributed by atoms with van der Waals surface area (Å²) in [6.07, 6.45) is 0.212. The zero-order valence-corrected chi connectivity index (χ0v) is 9.23. The minimum Gasteiger partial charge on any atom is -0.493 e. The number of halogens is 2. The van der Waals surface area contributed by atoms with Crippen LogP contribution >= 0.6 is 23.2 Å². The maximum atomic E-state index is 10.4. The minimum absolute atomic E-state index is 0.212. The summed E-state index contributed by atoms with van der Waals surface area (Å²) in [5.41, 5.74) is 0.944. The molecule has 0 aromatic heterocycles. The van der Waals surface area contributed by atoms with Crippen molar-refractivity contribution in [3.63, 3.8) is 0 Å². The highest BCUT2D eigenvalue weighted by Crippen LogP contribution is 2.21. The fourth-order valence-corrected chi connectivity index (χ4v) is 1.32. The summed E-state index contributed by atoms with van der Waals surface area (Å²) in [7, 11) is 0. The molecule has 14 heavy (non-hydrogen) atoms. The van der Waals surface area contributed by atoms with Crippen LogP contribution in [0.4, 0.5) is 0 Å². The van der Waals surface area contributed by atoms with Crippen LogP contribution in [0, 0.1) is 6.92 Å². The molecule has 0 N–H and O–H groups in total. The average molecular weight is 233 g/mol. The van der Waals surface area contributed by atoms with E-state index >= 15 is 0 Å². The van der Waals surface area contributed by atoms with E-state index in [0.29, 0.717) is 11.6 Å². The highest BCUT2D eigenvalue weighted by molar-refractivity contribution is 6.63. The maximum absolute atomic E-state index is 10.4. The summed E-state index contributed by atoms with van der Waals surface area (Å²) in [5.74, 6) is 0.729. The topological polar surface area (TPSA) is 26.3 Å². The number of carbonyl (C=O) groups is 1. The molecule has 0 spiro atoms. The normalized spacial score (nSPS) is 9.93. The van der Waals surface area contributed by atoms with Gasteiger partial charge in [-0.25, -0.2) is 0 Å². The molecule has 0 radical (unpaired) electrons. The number of ether oxygens (including phenoxy) is 1. The monoisotopic (exact) mass is 232 g/mol. The molecule has 1 aromatic rings. The first-order valence-electron chi connectivity index (χ1n) is 4.17. The fourth-order valence-electron chi connectivity index (χ4n) is 1.02. The van der Waals surface area contributed by atoms with Crippen LogP contribution in [-0.4, -0.2) is 11.8 Å². The molecule has 1 rings (SSSR count). The Labute approximate surface area is 92.8 Å². The van der Waals surface area contributed by atoms with Crippen molar-refractivity contribution in [2.24, 2.45) is 0 Å². The Balaban J connectivity index is 2.55. The van der Waals surface area contributed by atoms with Gasteiger partial charge in [0.05, 0.1) is 13.0 Å². The van der Waals surface area contributed by atoms with Crippen LogP contribution in [0.25, 0.3) is 0 Å². The van der Waals surface area contributed by atoms with Gasteiger partial charge in [0.1, 0.15) is 5.75 Å². The van der Waals surface area contributed by atoms with Crippen LogP contribution in [-0.2, 0) is 4.79 Å². The number of hydrogen-bond acceptors (Lipinski definition) is 2. The van der Waals surface area contributed by atoms with E-state index in [1.54, 1.807) is 18.2 Å². The lowest BCUT2D eigenvalue weighted by molar-refractivity contribution is -0.112. The van der Waals surface area contributed by atoms with Gasteiger partial charge in [-0.05, 0) is 42.3 Å². The maximum Gasteiger partial charge on any atom is 0.225 e. The third-order valence-electron chi connectivity index (χ3n) is 1.69. The van der Waals surface area contributed by atoms with Gasteiger partial charge in [-0.2, -0.15) is 0 Å². The summed E-state index contributed by atoms with van der Waals surface area (Å²) in [5, 5.41) is 0.278. The van der Waals surface area contributed by atoms with Crippen LogP contribution in [0.2, 0.25) is 5.02 Å². The molecule has 0 aliphatic heterocycles. The molecule has 0 heterocycles. The summed E-state index contributed by atoms with van der Waals surface area (Å²) in [6, 6.07) is 5.32. The van der Waals surface area contributed by atoms with E-state index in [4.69, 9.17) is 27.9 Å². The average Bonchev–Trinajstić information content (AvgIpc) is 2.08. The van der Waals surface area contributed by atoms with Crippen molar-refractivity contribution >= 4 is 28.4 Å². The molecule has 0 bridgehead atoms. The van der Waals surface area contributed by atoms with Crippen LogP contribution in [0.5, 0.6) is 5.75 Å². The molecule has 0 unspecified atom stereocenters. The molecular weight excluding hydrogens is 223 g/mol. The first kappa shape index (κ1) is 11.3. The highest BCUT2D eigenvalue weighted by Gasteiger charge is 2.01. The zero-order valence-electron chi connectivity index (χ0n) is 7.72. The molecule has 0 fully saturated rings. The van der Waals surface area contributed by atoms with Crippen molar-refractivity contribution in [2.45, 2.75) is 13.3 Å². The molecule has 0 saturated heterocycles. The number of rotatable bonds is 4. The lowest BCUT2D eigenvalue weighted by atomic mass is 10.2. The molecule has 0 aliphatic carbocycles. The van der Waals surface area contributed by atoms with Crippen LogP contribution in [0.3, 0.4) is 0 Å². The molecule has 4 heteroatoms. The quantitative estimate of drug-likeness (QED) is 0.746. The standard InChI is InChI=1S/C10H10Cl2O2/c1-7-6-8(11)2-3-9(7)14-5-4-10(12)13/h2-3,6H,4-5H2,1H3. The molecule has 0 atom stereocenters. The van der Waals surface area contributed by atoms with Crippen molar-refractivity contribution in [1.82, 2.24) is 0 Å². The summed E-state index contributed by atoms with van der Waals surface area (Å²) >= 11 is 10.9. The summed E-state index contributed by atoms with van der Waals surface area (Å²) < 4.78 is 5.34. The number of benzene rings is 1. The Morgan fingerprint density at radius 3 is 2.79 bits per heavy atom. The first-order valence-corrected chi connectivity index (χ1v) is 4.92. The summed E-state index contributed by atoms with van der Waals surface area (Å²) in [4.78, 5) is 10.4. The minimum atomic E-state index is -0.392. The van der Waals surface area contributed by atoms with Gasteiger partial charge in [-0.1, -0.05) is 11.6 Å². The molecule has 76 valence electrons. The Morgan fingerprint density at radius 1 is 1.50 bits per heavy atom. The Kier molecular flexibility index (Phi) is 4.23. The van der Waals surface area contributed by atoms with E-state index in [1.165, 1.54) is 0 Å². The Morgan fingerprint density at radius 2 is 2.21 bits per heavy atom. The van der Waals surface area contributed by atoms with E-state index in [-0.39, 0.29) is 6.42 Å². The Hall–Kier alpha value is -0.730. The van der Waals surface area contributed by atoms with Crippen molar-refractivity contribution in [3.05, 3.63) is 28.8 Å². The molecule has 0 amide bonds. The van der Waals surface area contributed by atoms with Gasteiger partial charge >= 0.3 is 0 Å². The van der Waals surface area contributed by atoms with Gasteiger partial charge in [0.25, 0.3) is 0 Å². The van der Waals surface area contributed by atoms with E-state index in [2.05, 4.69) is 0 Å². The van der Waals surface area contributed by atoms with Crippen molar-refractivity contribution in [2.75, 3.05) is 6.61 Å². The molecule has 1 aromatic carbocycles. The molecule has 0 saturated carbocycles. The van der Waals surface area contributed by atoms with Gasteiger partial charge in [0.15, 0.2) is 0 Å². The number of carbonyl (C=O) groups excluding carboxylic acids is 1. The lowest BCUT2D eigenvalue weighted by Gasteiger charge is -2.07. The van der Waals surface area contributed by atoms with Gasteiger partial charge in [-0.3, -0.25) is 4.79 Å². The second-order valence-electron chi connectivity index (χ2n) is 2.86. The largest absolute Gasteiger partial charge is 0.493 e. The zero-order chi connectivity index (χ0) is 10.6. The third-order valence-corrected chi connectivity index (χ3v) is 2.12. The second kappa shape index (κ2) is 5.23. The SMILES string of the molecule is Cc1cc(Cl)ccc1OCCC(=O)Cl. The lowest BCUT2D eigenvalue weighted by Crippen LogP contribution is -2.02. The molecular formula is C10H10Cl2O2. The van der Waals surface area contributed by atoms with Gasteiger partial charge in [0, 0.05) is 5.02 Å². The van der Waals surface area contributed by atoms with Crippen molar-refractivity contribution in [3.8, 4) is 5.75 Å². The van der Waals surface area contributed by atoms with Crippen LogP contribution in [0.15, 0.2) is 18.2 Å². The van der Waals surface area contributed by atoms with Crippen molar-refractivity contribution < 1.29 is 9.53 Å². The fraction of sp³-hybridized carbons (Fsp3) is 0.300.